The van der Waals surface area contributed by atoms with Gasteiger partial charge in [-0.1, -0.05) is 23.7 Å². The maximum atomic E-state index is 12.5. The first-order valence-electron chi connectivity index (χ1n) is 9.43. The van der Waals surface area contributed by atoms with Crippen LogP contribution in [0.4, 0.5) is 10.6 Å². The molecule has 2 N–H and O–H groups in total. The van der Waals surface area contributed by atoms with E-state index in [1.165, 1.54) is 6.20 Å². The Balaban J connectivity index is 1.43. The van der Waals surface area contributed by atoms with E-state index in [9.17, 15) is 4.79 Å². The normalized spacial score (nSPS) is 13.8. The molecule has 30 heavy (non-hydrogen) atoms. The number of aliphatic hydroxyl groups excluding tert-OH is 1. The van der Waals surface area contributed by atoms with Gasteiger partial charge in [-0.25, -0.2) is 14.8 Å². The number of pyridine rings is 2. The van der Waals surface area contributed by atoms with Gasteiger partial charge in [-0.05, 0) is 36.6 Å². The van der Waals surface area contributed by atoms with Crippen molar-refractivity contribution >= 4 is 29.0 Å². The number of aliphatic hydroxyl groups is 1. The molecule has 2 amide bonds. The van der Waals surface area contributed by atoms with Crippen molar-refractivity contribution < 1.29 is 14.3 Å². The predicted molar refractivity (Wildman–Crippen MR) is 113 cm³/mol. The van der Waals surface area contributed by atoms with Crippen molar-refractivity contribution in [1.82, 2.24) is 19.9 Å². The number of aryl methyl sites for hydroxylation is 1. The van der Waals surface area contributed by atoms with Crippen LogP contribution in [0.5, 0.6) is 0 Å². The Bertz CT molecular complexity index is 1090. The van der Waals surface area contributed by atoms with Crippen molar-refractivity contribution in [3.63, 3.8) is 0 Å². The minimum atomic E-state index is -0.268. The van der Waals surface area contributed by atoms with Crippen LogP contribution >= 0.6 is 11.6 Å². The van der Waals surface area contributed by atoms with E-state index in [1.807, 2.05) is 19.1 Å². The first-order valence-corrected chi connectivity index (χ1v) is 9.81. The van der Waals surface area contributed by atoms with Gasteiger partial charge >= 0.3 is 6.03 Å². The lowest BCUT2D eigenvalue weighted by molar-refractivity contribution is 0.217. The molecule has 0 saturated heterocycles. The highest BCUT2D eigenvalue weighted by Gasteiger charge is 2.20. The van der Waals surface area contributed by atoms with E-state index in [-0.39, 0.29) is 18.5 Å². The molecule has 9 heteroatoms. The second-order valence-electron chi connectivity index (χ2n) is 6.91. The van der Waals surface area contributed by atoms with Gasteiger partial charge in [-0.3, -0.25) is 10.3 Å². The Labute approximate surface area is 178 Å². The molecule has 0 aromatic carbocycles. The minimum Gasteiger partial charge on any atom is -0.438 e. The quantitative estimate of drug-likeness (QED) is 0.656. The van der Waals surface area contributed by atoms with E-state index in [1.54, 1.807) is 29.4 Å². The lowest BCUT2D eigenvalue weighted by Gasteiger charge is -2.26. The fourth-order valence-electron chi connectivity index (χ4n) is 3.12. The highest BCUT2D eigenvalue weighted by Crippen LogP contribution is 2.31. The van der Waals surface area contributed by atoms with Crippen LogP contribution in [0.1, 0.15) is 23.6 Å². The number of hydrogen-bond donors (Lipinski definition) is 2. The molecular weight excluding hydrogens is 406 g/mol. The maximum Gasteiger partial charge on any atom is 0.323 e. The van der Waals surface area contributed by atoms with Crippen LogP contribution in [-0.2, 0) is 6.61 Å². The Kier molecular flexibility index (Phi) is 5.78. The molecule has 0 bridgehead atoms. The van der Waals surface area contributed by atoms with Crippen molar-refractivity contribution in [2.75, 3.05) is 18.4 Å². The maximum absolute atomic E-state index is 12.5. The summed E-state index contributed by atoms with van der Waals surface area (Å²) in [5.41, 5.74) is 3.38. The zero-order chi connectivity index (χ0) is 21.1. The number of nitrogens with zero attached hydrogens (tertiary/aromatic N) is 4. The third-order valence-electron chi connectivity index (χ3n) is 4.76. The summed E-state index contributed by atoms with van der Waals surface area (Å²) in [5.74, 6) is 1.25. The van der Waals surface area contributed by atoms with Gasteiger partial charge in [-0.2, -0.15) is 0 Å². The number of rotatable bonds is 4. The number of urea groups is 1. The Hall–Kier alpha value is -3.23. The number of anilines is 1. The zero-order valence-electron chi connectivity index (χ0n) is 16.3. The van der Waals surface area contributed by atoms with Gasteiger partial charge in [0.15, 0.2) is 5.76 Å². The monoisotopic (exact) mass is 425 g/mol. The molecule has 0 saturated carbocycles. The van der Waals surface area contributed by atoms with Crippen molar-refractivity contribution in [3.8, 4) is 11.3 Å². The van der Waals surface area contributed by atoms with E-state index in [0.29, 0.717) is 47.4 Å². The topological polar surface area (TPSA) is 104 Å². The van der Waals surface area contributed by atoms with E-state index in [4.69, 9.17) is 21.1 Å². The molecule has 3 aromatic heterocycles. The van der Waals surface area contributed by atoms with Gasteiger partial charge in [0.05, 0.1) is 16.9 Å². The summed E-state index contributed by atoms with van der Waals surface area (Å²) in [6, 6.07) is 5.24. The second kappa shape index (κ2) is 8.64. The van der Waals surface area contributed by atoms with E-state index in [2.05, 4.69) is 20.3 Å². The molecule has 0 radical (unpaired) electrons. The van der Waals surface area contributed by atoms with Crippen LogP contribution < -0.4 is 5.32 Å². The van der Waals surface area contributed by atoms with Crippen molar-refractivity contribution in [2.45, 2.75) is 20.0 Å². The van der Waals surface area contributed by atoms with Gasteiger partial charge in [0.2, 0.25) is 5.89 Å². The van der Waals surface area contributed by atoms with Crippen LogP contribution in [0.3, 0.4) is 0 Å². The molecule has 0 fully saturated rings. The molecule has 8 nitrogen and oxygen atoms in total. The standard InChI is InChI=1S/C21H20ClN5O3/c1-13-2-3-18(23-9-13)26-21(29)27-6-4-14(5-7-27)20-16(22)8-15(10-25-20)17-11-24-19(12-28)30-17/h2-4,8-11,28H,5-7,12H2,1H3,(H,23,26,29). The number of carbonyl (C=O) groups excluding carboxylic acids is 1. The average Bonchev–Trinajstić information content (AvgIpc) is 3.25. The number of halogens is 1. The average molecular weight is 426 g/mol. The molecule has 4 rings (SSSR count). The largest absolute Gasteiger partial charge is 0.438 e. The fourth-order valence-corrected chi connectivity index (χ4v) is 3.41. The van der Waals surface area contributed by atoms with Gasteiger partial charge in [-0.15, -0.1) is 0 Å². The molecule has 0 atom stereocenters. The van der Waals surface area contributed by atoms with Gasteiger partial charge < -0.3 is 14.4 Å². The third kappa shape index (κ3) is 4.34. The lowest BCUT2D eigenvalue weighted by Crippen LogP contribution is -2.38. The van der Waals surface area contributed by atoms with Crippen molar-refractivity contribution in [2.24, 2.45) is 0 Å². The Morgan fingerprint density at radius 3 is 2.77 bits per heavy atom. The van der Waals surface area contributed by atoms with Crippen LogP contribution in [-0.4, -0.2) is 44.1 Å². The number of aromatic nitrogens is 3. The SMILES string of the molecule is Cc1ccc(NC(=O)N2CC=C(c3ncc(-c4cnc(CO)o4)cc3Cl)CC2)nc1. The fraction of sp³-hybridized carbons (Fsp3) is 0.238. The summed E-state index contributed by atoms with van der Waals surface area (Å²) in [6.45, 7) is 2.68. The summed E-state index contributed by atoms with van der Waals surface area (Å²) in [4.78, 5) is 26.8. The lowest BCUT2D eigenvalue weighted by atomic mass is 10.0. The smallest absolute Gasteiger partial charge is 0.323 e. The van der Waals surface area contributed by atoms with Crippen molar-refractivity contribution in [1.29, 1.82) is 0 Å². The molecular formula is C21H20ClN5O3. The summed E-state index contributed by atoms with van der Waals surface area (Å²) >= 11 is 6.46. The van der Waals surface area contributed by atoms with E-state index < -0.39 is 0 Å². The molecule has 4 heterocycles. The van der Waals surface area contributed by atoms with Gasteiger partial charge in [0.25, 0.3) is 0 Å². The minimum absolute atomic E-state index is 0.193. The first-order chi connectivity index (χ1) is 14.5. The predicted octanol–water partition coefficient (Wildman–Crippen LogP) is 3.91. The number of hydrogen-bond acceptors (Lipinski definition) is 6. The third-order valence-corrected chi connectivity index (χ3v) is 5.05. The molecule has 3 aromatic rings. The second-order valence-corrected chi connectivity index (χ2v) is 7.31. The Morgan fingerprint density at radius 1 is 1.27 bits per heavy atom. The molecule has 154 valence electrons. The highest BCUT2D eigenvalue weighted by molar-refractivity contribution is 6.32. The van der Waals surface area contributed by atoms with Gasteiger partial charge in [0, 0.05) is 31.0 Å². The summed E-state index contributed by atoms with van der Waals surface area (Å²) in [7, 11) is 0. The molecule has 0 unspecified atom stereocenters. The summed E-state index contributed by atoms with van der Waals surface area (Å²) < 4.78 is 5.42. The van der Waals surface area contributed by atoms with Crippen LogP contribution in [0.2, 0.25) is 5.02 Å². The number of carbonyl (C=O) groups is 1. The van der Waals surface area contributed by atoms with Crippen LogP contribution in [0, 0.1) is 6.92 Å². The summed E-state index contributed by atoms with van der Waals surface area (Å²) in [5, 5.41) is 12.4. The van der Waals surface area contributed by atoms with Crippen molar-refractivity contribution in [3.05, 3.63) is 65.0 Å². The zero-order valence-corrected chi connectivity index (χ0v) is 17.1. The number of amides is 2. The van der Waals surface area contributed by atoms with E-state index >= 15 is 0 Å². The summed E-state index contributed by atoms with van der Waals surface area (Å²) in [6.07, 6.45) is 7.49. The van der Waals surface area contributed by atoms with E-state index in [0.717, 1.165) is 11.1 Å². The molecule has 0 spiro atoms. The number of nitrogens with one attached hydrogen (secondary N) is 1. The Morgan fingerprint density at radius 2 is 2.13 bits per heavy atom. The molecule has 0 aliphatic carbocycles. The molecule has 1 aliphatic heterocycles. The number of oxazole rings is 1. The highest BCUT2D eigenvalue weighted by atomic mass is 35.5. The molecule has 1 aliphatic rings. The van der Waals surface area contributed by atoms with Gasteiger partial charge in [0.1, 0.15) is 12.4 Å². The first kappa shape index (κ1) is 20.1. The van der Waals surface area contributed by atoms with Crippen LogP contribution in [0.15, 0.2) is 47.3 Å². The van der Waals surface area contributed by atoms with Crippen LogP contribution in [0.25, 0.3) is 16.9 Å².